The van der Waals surface area contributed by atoms with E-state index in [0.29, 0.717) is 18.6 Å². The molecule has 0 radical (unpaired) electrons. The molecule has 0 aliphatic carbocycles. The van der Waals surface area contributed by atoms with Crippen molar-refractivity contribution in [1.82, 2.24) is 4.90 Å². The minimum Gasteiger partial charge on any atom is -0.296 e. The first-order chi connectivity index (χ1) is 6.24. The van der Waals surface area contributed by atoms with E-state index < -0.39 is 10.1 Å². The van der Waals surface area contributed by atoms with Crippen molar-refractivity contribution in [3.05, 3.63) is 0 Å². The maximum Gasteiger partial charge on any atom is 0.264 e. The van der Waals surface area contributed by atoms with Crippen LogP contribution in [0.5, 0.6) is 0 Å². The molecular formula is C9H21NO3S. The Balaban J connectivity index is 3.96. The summed E-state index contributed by atoms with van der Waals surface area (Å²) in [4.78, 5) is 2.19. The van der Waals surface area contributed by atoms with Gasteiger partial charge < -0.3 is 0 Å². The van der Waals surface area contributed by atoms with Gasteiger partial charge in [-0.2, -0.15) is 8.42 Å². The lowest BCUT2D eigenvalue weighted by atomic mass is 10.2. The fourth-order valence-electron chi connectivity index (χ4n) is 1.41. The van der Waals surface area contributed by atoms with Crippen LogP contribution in [0.2, 0.25) is 0 Å². The molecule has 0 bridgehead atoms. The Kier molecular flexibility index (Phi) is 5.63. The van der Waals surface area contributed by atoms with E-state index in [2.05, 4.69) is 32.6 Å². The summed E-state index contributed by atoms with van der Waals surface area (Å²) in [6.07, 6.45) is 1.07. The molecule has 0 amide bonds. The highest BCUT2D eigenvalue weighted by molar-refractivity contribution is 7.85. The predicted molar refractivity (Wildman–Crippen MR) is 57.8 cm³/mol. The predicted octanol–water partition coefficient (Wildman–Crippen LogP) is 1.08. The maximum absolute atomic E-state index is 10.7. The number of rotatable bonds is 6. The Labute approximate surface area is 87.4 Å². The highest BCUT2D eigenvalue weighted by Gasteiger charge is 2.13. The van der Waals surface area contributed by atoms with Gasteiger partial charge in [0.2, 0.25) is 0 Å². The summed E-state index contributed by atoms with van der Waals surface area (Å²) in [7, 11) is -3.30. The molecule has 0 aromatic rings. The van der Waals surface area contributed by atoms with Gasteiger partial charge in [0.25, 0.3) is 10.1 Å². The average Bonchev–Trinajstić information content (AvgIpc) is 1.94. The third kappa shape index (κ3) is 6.34. The second kappa shape index (κ2) is 5.68. The molecule has 86 valence electrons. The van der Waals surface area contributed by atoms with E-state index in [1.807, 2.05) is 0 Å². The van der Waals surface area contributed by atoms with E-state index >= 15 is 0 Å². The maximum atomic E-state index is 10.7. The van der Waals surface area contributed by atoms with Crippen molar-refractivity contribution in [3.8, 4) is 0 Å². The van der Waals surface area contributed by atoms with Crippen molar-refractivity contribution in [2.75, 3.05) is 19.4 Å². The van der Waals surface area contributed by atoms with Crippen molar-refractivity contribution in [3.63, 3.8) is 0 Å². The quantitative estimate of drug-likeness (QED) is 0.632. The number of nitrogens with zero attached hydrogens (tertiary/aromatic N) is 1. The van der Waals surface area contributed by atoms with Crippen LogP contribution < -0.4 is 0 Å². The fraction of sp³-hybridized carbons (Fsp3) is 1.00. The molecule has 0 rings (SSSR count). The minimum atomic E-state index is -3.30. The first-order valence-electron chi connectivity index (χ1n) is 4.84. The molecule has 0 aromatic carbocycles. The molecule has 0 aromatic heterocycles. The largest absolute Gasteiger partial charge is 0.296 e. The van der Waals surface area contributed by atoms with Crippen molar-refractivity contribution in [1.29, 1.82) is 0 Å². The van der Waals surface area contributed by atoms with Crippen LogP contribution >= 0.6 is 0 Å². The molecule has 0 saturated carbocycles. The number of hydrogen-bond acceptors (Lipinski definition) is 4. The summed E-state index contributed by atoms with van der Waals surface area (Å²) in [6.45, 7) is 9.21. The van der Waals surface area contributed by atoms with Crippen LogP contribution in [0.3, 0.4) is 0 Å². The van der Waals surface area contributed by atoms with Gasteiger partial charge >= 0.3 is 0 Å². The van der Waals surface area contributed by atoms with E-state index in [1.165, 1.54) is 0 Å². The zero-order valence-electron chi connectivity index (χ0n) is 9.65. The van der Waals surface area contributed by atoms with E-state index in [0.717, 1.165) is 6.26 Å². The molecule has 0 aliphatic heterocycles. The van der Waals surface area contributed by atoms with Crippen LogP contribution in [-0.4, -0.2) is 44.8 Å². The van der Waals surface area contributed by atoms with Gasteiger partial charge in [0.05, 0.1) is 12.9 Å². The summed E-state index contributed by atoms with van der Waals surface area (Å²) >= 11 is 0. The smallest absolute Gasteiger partial charge is 0.264 e. The lowest BCUT2D eigenvalue weighted by molar-refractivity contribution is 0.144. The second-order valence-corrected chi connectivity index (χ2v) is 5.60. The Hall–Kier alpha value is -0.130. The van der Waals surface area contributed by atoms with Gasteiger partial charge in [0.1, 0.15) is 0 Å². The van der Waals surface area contributed by atoms with Gasteiger partial charge in [0, 0.05) is 18.6 Å². The Morgan fingerprint density at radius 1 is 1.14 bits per heavy atom. The Morgan fingerprint density at radius 3 is 1.86 bits per heavy atom. The molecule has 5 heteroatoms. The molecule has 0 heterocycles. The molecule has 0 aliphatic rings. The highest BCUT2D eigenvalue weighted by atomic mass is 32.2. The average molecular weight is 223 g/mol. The van der Waals surface area contributed by atoms with Gasteiger partial charge in [-0.1, -0.05) is 0 Å². The lowest BCUT2D eigenvalue weighted by Crippen LogP contribution is -2.39. The monoisotopic (exact) mass is 223 g/mol. The molecule has 0 atom stereocenters. The normalized spacial score (nSPS) is 13.1. The topological polar surface area (TPSA) is 46.6 Å². The van der Waals surface area contributed by atoms with Crippen molar-refractivity contribution in [2.45, 2.75) is 39.8 Å². The molecule has 0 spiro atoms. The van der Waals surface area contributed by atoms with E-state index in [1.54, 1.807) is 0 Å². The Bertz CT molecular complexity index is 239. The van der Waals surface area contributed by atoms with Gasteiger partial charge in [-0.05, 0) is 27.7 Å². The third-order valence-electron chi connectivity index (χ3n) is 1.97. The first-order valence-corrected chi connectivity index (χ1v) is 6.66. The van der Waals surface area contributed by atoms with Gasteiger partial charge in [-0.15, -0.1) is 0 Å². The highest BCUT2D eigenvalue weighted by Crippen LogP contribution is 2.04. The molecule has 4 nitrogen and oxygen atoms in total. The summed E-state index contributed by atoms with van der Waals surface area (Å²) in [5, 5.41) is 0. The SMILES string of the molecule is CC(C)N(CCOS(C)(=O)=O)C(C)C. The summed E-state index contributed by atoms with van der Waals surface area (Å²) in [5.74, 6) is 0. The van der Waals surface area contributed by atoms with E-state index in [4.69, 9.17) is 4.18 Å². The van der Waals surface area contributed by atoms with Crippen LogP contribution in [0.1, 0.15) is 27.7 Å². The summed E-state index contributed by atoms with van der Waals surface area (Å²) < 4.78 is 26.1. The molecule has 0 N–H and O–H groups in total. The minimum absolute atomic E-state index is 0.231. The van der Waals surface area contributed by atoms with Crippen molar-refractivity contribution < 1.29 is 12.6 Å². The molecule has 0 fully saturated rings. The van der Waals surface area contributed by atoms with Crippen LogP contribution in [0.4, 0.5) is 0 Å². The van der Waals surface area contributed by atoms with Gasteiger partial charge in [0.15, 0.2) is 0 Å². The fourth-order valence-corrected chi connectivity index (χ4v) is 1.78. The first kappa shape index (κ1) is 13.9. The standard InChI is InChI=1S/C9H21NO3S/c1-8(2)10(9(3)4)6-7-13-14(5,11)12/h8-9H,6-7H2,1-5H3. The van der Waals surface area contributed by atoms with Gasteiger partial charge in [-0.3, -0.25) is 9.08 Å². The zero-order chi connectivity index (χ0) is 11.4. The van der Waals surface area contributed by atoms with E-state index in [-0.39, 0.29) is 6.61 Å². The van der Waals surface area contributed by atoms with Gasteiger partial charge in [-0.25, -0.2) is 0 Å². The summed E-state index contributed by atoms with van der Waals surface area (Å²) in [5.41, 5.74) is 0. The molecule has 0 unspecified atom stereocenters. The van der Waals surface area contributed by atoms with Crippen LogP contribution in [0.25, 0.3) is 0 Å². The number of hydrogen-bond donors (Lipinski definition) is 0. The van der Waals surface area contributed by atoms with Crippen LogP contribution in [0, 0.1) is 0 Å². The van der Waals surface area contributed by atoms with Crippen LogP contribution in [-0.2, 0) is 14.3 Å². The third-order valence-corrected chi connectivity index (χ3v) is 2.57. The van der Waals surface area contributed by atoms with Crippen molar-refractivity contribution >= 4 is 10.1 Å². The van der Waals surface area contributed by atoms with Crippen LogP contribution in [0.15, 0.2) is 0 Å². The Morgan fingerprint density at radius 2 is 1.57 bits per heavy atom. The second-order valence-electron chi connectivity index (χ2n) is 3.95. The molecule has 0 saturated heterocycles. The molecular weight excluding hydrogens is 202 g/mol. The zero-order valence-corrected chi connectivity index (χ0v) is 10.5. The van der Waals surface area contributed by atoms with Crippen molar-refractivity contribution in [2.24, 2.45) is 0 Å². The summed E-state index contributed by atoms with van der Waals surface area (Å²) in [6, 6.07) is 0.802. The van der Waals surface area contributed by atoms with E-state index in [9.17, 15) is 8.42 Å². The molecule has 14 heavy (non-hydrogen) atoms. The lowest BCUT2D eigenvalue weighted by Gasteiger charge is -2.29.